The number of carbonyl (C=O) groups is 2. The molecule has 1 aliphatic heterocycles. The second-order valence-electron chi connectivity index (χ2n) is 4.40. The van der Waals surface area contributed by atoms with Crippen LogP contribution in [-0.2, 0) is 17.8 Å². The summed E-state index contributed by atoms with van der Waals surface area (Å²) in [5.41, 5.74) is 1.41. The van der Waals surface area contributed by atoms with Crippen LogP contribution in [0.4, 0.5) is 0 Å². The molecule has 0 saturated heterocycles. The van der Waals surface area contributed by atoms with Crippen LogP contribution in [0.3, 0.4) is 0 Å². The summed E-state index contributed by atoms with van der Waals surface area (Å²) in [6.45, 7) is 2.59. The first-order chi connectivity index (χ1) is 8.08. The van der Waals surface area contributed by atoms with E-state index in [1.807, 2.05) is 4.68 Å². The molecule has 6 nitrogen and oxygen atoms in total. The summed E-state index contributed by atoms with van der Waals surface area (Å²) in [5.74, 6) is -0.874. The Morgan fingerprint density at radius 1 is 1.65 bits per heavy atom. The first kappa shape index (κ1) is 11.6. The van der Waals surface area contributed by atoms with E-state index in [9.17, 15) is 9.59 Å². The van der Waals surface area contributed by atoms with E-state index < -0.39 is 5.97 Å². The first-order valence-corrected chi connectivity index (χ1v) is 5.62. The van der Waals surface area contributed by atoms with Crippen molar-refractivity contribution in [3.05, 3.63) is 17.5 Å². The van der Waals surface area contributed by atoms with Crippen LogP contribution in [-0.4, -0.2) is 33.3 Å². The number of rotatable bonds is 3. The summed E-state index contributed by atoms with van der Waals surface area (Å²) in [7, 11) is 0. The van der Waals surface area contributed by atoms with Gasteiger partial charge < -0.3 is 10.4 Å². The van der Waals surface area contributed by atoms with E-state index in [-0.39, 0.29) is 12.5 Å². The number of aliphatic carboxylic acids is 1. The van der Waals surface area contributed by atoms with E-state index in [2.05, 4.69) is 17.3 Å². The lowest BCUT2D eigenvalue weighted by Crippen LogP contribution is -2.30. The maximum absolute atomic E-state index is 11.8. The van der Waals surface area contributed by atoms with Gasteiger partial charge in [0.15, 0.2) is 0 Å². The summed E-state index contributed by atoms with van der Waals surface area (Å²) in [4.78, 5) is 22.1. The molecule has 1 aromatic rings. The van der Waals surface area contributed by atoms with Crippen molar-refractivity contribution in [3.8, 4) is 0 Å². The second-order valence-corrected chi connectivity index (χ2v) is 4.40. The van der Waals surface area contributed by atoms with Crippen LogP contribution in [0.5, 0.6) is 0 Å². The molecule has 0 radical (unpaired) electrons. The quantitative estimate of drug-likeness (QED) is 0.790. The van der Waals surface area contributed by atoms with Gasteiger partial charge >= 0.3 is 5.97 Å². The summed E-state index contributed by atoms with van der Waals surface area (Å²) in [6.07, 6.45) is 3.39. The number of aromatic nitrogens is 2. The van der Waals surface area contributed by atoms with Crippen molar-refractivity contribution in [1.29, 1.82) is 0 Å². The molecule has 1 atom stereocenters. The number of carbonyl (C=O) groups excluding carboxylic acids is 1. The maximum atomic E-state index is 11.8. The zero-order valence-electron chi connectivity index (χ0n) is 9.64. The first-order valence-electron chi connectivity index (χ1n) is 5.62. The molecule has 1 aliphatic rings. The van der Waals surface area contributed by atoms with Gasteiger partial charge in [0.05, 0.1) is 17.5 Å². The highest BCUT2D eigenvalue weighted by Crippen LogP contribution is 2.22. The highest BCUT2D eigenvalue weighted by molar-refractivity contribution is 5.96. The van der Waals surface area contributed by atoms with Gasteiger partial charge in [-0.05, 0) is 18.8 Å². The van der Waals surface area contributed by atoms with E-state index in [0.717, 1.165) is 25.1 Å². The number of fused-ring (bicyclic) bond motifs is 1. The zero-order valence-corrected chi connectivity index (χ0v) is 9.64. The van der Waals surface area contributed by atoms with Gasteiger partial charge in [-0.3, -0.25) is 14.3 Å². The van der Waals surface area contributed by atoms with Crippen molar-refractivity contribution in [2.75, 3.05) is 6.54 Å². The van der Waals surface area contributed by atoms with Gasteiger partial charge in [-0.25, -0.2) is 0 Å². The van der Waals surface area contributed by atoms with E-state index in [0.29, 0.717) is 11.5 Å². The van der Waals surface area contributed by atoms with Gasteiger partial charge in [-0.1, -0.05) is 6.92 Å². The van der Waals surface area contributed by atoms with E-state index in [1.54, 1.807) is 0 Å². The molecule has 0 aliphatic carbocycles. The molecular formula is C11H15N3O3. The molecule has 1 aromatic heterocycles. The third-order valence-electron chi connectivity index (χ3n) is 2.97. The third-order valence-corrected chi connectivity index (χ3v) is 2.97. The van der Waals surface area contributed by atoms with Crippen molar-refractivity contribution >= 4 is 11.9 Å². The van der Waals surface area contributed by atoms with E-state index >= 15 is 0 Å². The summed E-state index contributed by atoms with van der Waals surface area (Å²) >= 11 is 0. The summed E-state index contributed by atoms with van der Waals surface area (Å²) < 4.78 is 1.83. The number of nitrogens with one attached hydrogen (secondary N) is 1. The molecule has 2 rings (SSSR count). The average molecular weight is 237 g/mol. The minimum absolute atomic E-state index is 0.359. The second kappa shape index (κ2) is 4.57. The van der Waals surface area contributed by atoms with Crippen molar-refractivity contribution in [2.45, 2.75) is 26.3 Å². The molecule has 2 heterocycles. The van der Waals surface area contributed by atoms with E-state index in [1.165, 1.54) is 6.20 Å². The number of aryl methyl sites for hydroxylation is 1. The maximum Gasteiger partial charge on any atom is 0.322 e. The number of amides is 1. The van der Waals surface area contributed by atoms with Crippen LogP contribution in [0.25, 0.3) is 0 Å². The Hall–Kier alpha value is -1.85. The Kier molecular flexibility index (Phi) is 3.12. The van der Waals surface area contributed by atoms with Crippen molar-refractivity contribution < 1.29 is 14.7 Å². The number of hydrogen-bond donors (Lipinski definition) is 2. The minimum Gasteiger partial charge on any atom is -0.480 e. The third kappa shape index (κ3) is 2.46. The lowest BCUT2D eigenvalue weighted by molar-refractivity contribution is -0.135. The molecule has 1 amide bonds. The molecule has 0 saturated carbocycles. The topological polar surface area (TPSA) is 84.2 Å². The number of nitrogens with zero attached hydrogens (tertiary/aromatic N) is 2. The summed E-state index contributed by atoms with van der Waals surface area (Å²) in [6, 6.07) is 0. The summed E-state index contributed by atoms with van der Waals surface area (Å²) in [5, 5.41) is 15.0. The molecule has 0 fully saturated rings. The molecule has 17 heavy (non-hydrogen) atoms. The molecular weight excluding hydrogens is 222 g/mol. The zero-order chi connectivity index (χ0) is 12.4. The fourth-order valence-corrected chi connectivity index (χ4v) is 2.03. The van der Waals surface area contributed by atoms with Crippen LogP contribution in [0.2, 0.25) is 0 Å². The largest absolute Gasteiger partial charge is 0.480 e. The van der Waals surface area contributed by atoms with Crippen molar-refractivity contribution in [3.63, 3.8) is 0 Å². The Balaban J connectivity index is 2.13. The normalized spacial score (nSPS) is 18.5. The van der Waals surface area contributed by atoms with Gasteiger partial charge in [-0.15, -0.1) is 0 Å². The monoisotopic (exact) mass is 237 g/mol. The van der Waals surface area contributed by atoms with Gasteiger partial charge in [0.2, 0.25) is 0 Å². The van der Waals surface area contributed by atoms with Gasteiger partial charge in [-0.2, -0.15) is 5.10 Å². The molecule has 92 valence electrons. The van der Waals surface area contributed by atoms with E-state index in [4.69, 9.17) is 5.11 Å². The number of hydrogen-bond acceptors (Lipinski definition) is 3. The fourth-order valence-electron chi connectivity index (χ4n) is 2.03. The predicted molar refractivity (Wildman–Crippen MR) is 59.7 cm³/mol. The van der Waals surface area contributed by atoms with Crippen LogP contribution in [0.1, 0.15) is 29.4 Å². The lowest BCUT2D eigenvalue weighted by atomic mass is 9.96. The molecule has 0 bridgehead atoms. The van der Waals surface area contributed by atoms with Crippen LogP contribution in [0.15, 0.2) is 6.20 Å². The molecule has 2 N–H and O–H groups in total. The Bertz CT molecular complexity index is 453. The lowest BCUT2D eigenvalue weighted by Gasteiger charge is -2.20. The van der Waals surface area contributed by atoms with Gasteiger partial charge in [0.1, 0.15) is 6.54 Å². The van der Waals surface area contributed by atoms with Gasteiger partial charge in [0, 0.05) is 6.54 Å². The predicted octanol–water partition coefficient (Wildman–Crippen LogP) is 0.280. The average Bonchev–Trinajstić information content (AvgIpc) is 2.68. The van der Waals surface area contributed by atoms with Gasteiger partial charge in [0.25, 0.3) is 5.91 Å². The standard InChI is InChI=1S/C11H15N3O3/c1-7-2-3-14-9(4-7)8(5-13-14)11(17)12-6-10(15)16/h5,7H,2-4,6H2,1H3,(H,12,17)(H,15,16). The van der Waals surface area contributed by atoms with Crippen molar-refractivity contribution in [1.82, 2.24) is 15.1 Å². The number of carboxylic acids is 1. The molecule has 0 spiro atoms. The molecule has 0 aromatic carbocycles. The fraction of sp³-hybridized carbons (Fsp3) is 0.545. The Labute approximate surface area is 98.6 Å². The molecule has 1 unspecified atom stereocenters. The Morgan fingerprint density at radius 3 is 3.12 bits per heavy atom. The minimum atomic E-state index is -1.05. The highest BCUT2D eigenvalue weighted by Gasteiger charge is 2.23. The van der Waals surface area contributed by atoms with Crippen molar-refractivity contribution in [2.24, 2.45) is 5.92 Å². The molecule has 6 heteroatoms. The Morgan fingerprint density at radius 2 is 2.41 bits per heavy atom. The van der Waals surface area contributed by atoms with Crippen LogP contribution < -0.4 is 5.32 Å². The SMILES string of the molecule is CC1CCn2ncc(C(=O)NCC(=O)O)c2C1. The van der Waals surface area contributed by atoms with Crippen LogP contribution in [0, 0.1) is 5.92 Å². The smallest absolute Gasteiger partial charge is 0.322 e. The number of carboxylic acid groups (broad SMARTS) is 1. The highest BCUT2D eigenvalue weighted by atomic mass is 16.4. The van der Waals surface area contributed by atoms with Crippen LogP contribution >= 0.6 is 0 Å².